The molecule has 1 rings (SSSR count). The Hall–Kier alpha value is -1.38. The van der Waals surface area contributed by atoms with E-state index in [9.17, 15) is 9.59 Å². The molecule has 0 fully saturated rings. The molecule has 1 aliphatic carbocycles. The van der Waals surface area contributed by atoms with Gasteiger partial charge in [-0.25, -0.2) is 0 Å². The summed E-state index contributed by atoms with van der Waals surface area (Å²) in [5.41, 5.74) is 0.425. The molecule has 0 saturated heterocycles. The van der Waals surface area contributed by atoms with E-state index in [-0.39, 0.29) is 11.6 Å². The third-order valence-corrected chi connectivity index (χ3v) is 2.05. The zero-order chi connectivity index (χ0) is 10.4. The molecule has 1 N–H and O–H groups in total. The summed E-state index contributed by atoms with van der Waals surface area (Å²) in [6, 6.07) is 0. The van der Waals surface area contributed by atoms with Crippen molar-refractivity contribution in [3.8, 4) is 0 Å². The maximum absolute atomic E-state index is 11.2. The van der Waals surface area contributed by atoms with Gasteiger partial charge >= 0.3 is 0 Å². The van der Waals surface area contributed by atoms with E-state index in [1.165, 1.54) is 18.2 Å². The highest BCUT2D eigenvalue weighted by molar-refractivity contribution is 6.16. The van der Waals surface area contributed by atoms with Gasteiger partial charge in [0.1, 0.15) is 0 Å². The van der Waals surface area contributed by atoms with Crippen LogP contribution in [0.4, 0.5) is 0 Å². The molecule has 0 amide bonds. The number of carbonyl (C=O) groups excluding carboxylic acids is 2. The van der Waals surface area contributed by atoms with Crippen molar-refractivity contribution < 1.29 is 9.59 Å². The molecule has 0 unspecified atom stereocenters. The van der Waals surface area contributed by atoms with Gasteiger partial charge in [-0.15, -0.1) is 0 Å². The number of hydrogen-bond acceptors (Lipinski definition) is 3. The van der Waals surface area contributed by atoms with Gasteiger partial charge in [-0.3, -0.25) is 9.59 Å². The molecule has 0 spiro atoms. The quantitative estimate of drug-likeness (QED) is 0.529. The lowest BCUT2D eigenvalue weighted by Crippen LogP contribution is -2.23. The summed E-state index contributed by atoms with van der Waals surface area (Å²) in [7, 11) is 0. The molecular weight excluding hydrogens is 178 g/mol. The van der Waals surface area contributed by atoms with Crippen LogP contribution in [0.15, 0.2) is 23.9 Å². The van der Waals surface area contributed by atoms with E-state index in [1.54, 1.807) is 0 Å². The maximum atomic E-state index is 11.2. The Morgan fingerprint density at radius 2 is 2.00 bits per heavy atom. The predicted molar refractivity (Wildman–Crippen MR) is 54.8 cm³/mol. The number of carbonyl (C=O) groups is 2. The van der Waals surface area contributed by atoms with Gasteiger partial charge in [0.25, 0.3) is 0 Å². The van der Waals surface area contributed by atoms with Crippen LogP contribution in [0.5, 0.6) is 0 Å². The molecule has 0 heterocycles. The number of nitrogens with one attached hydrogen (secondary N) is 1. The lowest BCUT2D eigenvalue weighted by atomic mass is 10.1. The minimum absolute atomic E-state index is 0.110. The Balaban J connectivity index is 2.36. The highest BCUT2D eigenvalue weighted by Crippen LogP contribution is 2.02. The van der Waals surface area contributed by atoms with E-state index >= 15 is 0 Å². The Bertz CT molecular complexity index is 290. The third kappa shape index (κ3) is 3.17. The van der Waals surface area contributed by atoms with Crippen LogP contribution in [0.3, 0.4) is 0 Å². The van der Waals surface area contributed by atoms with Crippen molar-refractivity contribution in [1.29, 1.82) is 0 Å². The Kier molecular flexibility index (Phi) is 4.11. The number of rotatable bonds is 5. The van der Waals surface area contributed by atoms with Crippen molar-refractivity contribution in [2.45, 2.75) is 26.2 Å². The topological polar surface area (TPSA) is 46.2 Å². The Morgan fingerprint density at radius 3 is 2.71 bits per heavy atom. The number of hydrogen-bond donors (Lipinski definition) is 1. The molecule has 0 radical (unpaired) electrons. The van der Waals surface area contributed by atoms with Crippen molar-refractivity contribution >= 4 is 11.6 Å². The number of unbranched alkanes of at least 4 members (excludes halogenated alkanes) is 2. The summed E-state index contributed by atoms with van der Waals surface area (Å²) < 4.78 is 0. The van der Waals surface area contributed by atoms with Crippen LogP contribution < -0.4 is 5.32 Å². The second kappa shape index (κ2) is 5.37. The maximum Gasteiger partial charge on any atom is 0.201 e. The summed E-state index contributed by atoms with van der Waals surface area (Å²) in [6.45, 7) is 2.88. The molecule has 0 saturated carbocycles. The Morgan fingerprint density at radius 1 is 1.21 bits per heavy atom. The zero-order valence-corrected chi connectivity index (χ0v) is 8.38. The normalized spacial score (nSPS) is 15.6. The van der Waals surface area contributed by atoms with Gasteiger partial charge in [0.2, 0.25) is 5.78 Å². The predicted octanol–water partition coefficient (Wildman–Crippen LogP) is 1.36. The van der Waals surface area contributed by atoms with Crippen LogP contribution >= 0.6 is 0 Å². The van der Waals surface area contributed by atoms with Gasteiger partial charge in [-0.1, -0.05) is 19.8 Å². The molecular formula is C11H15NO2. The highest BCUT2D eigenvalue weighted by Gasteiger charge is 2.11. The van der Waals surface area contributed by atoms with Gasteiger partial charge in [-0.2, -0.15) is 0 Å². The number of ketones is 2. The monoisotopic (exact) mass is 193 g/mol. The van der Waals surface area contributed by atoms with Crippen LogP contribution in [-0.4, -0.2) is 18.1 Å². The van der Waals surface area contributed by atoms with Crippen LogP contribution in [-0.2, 0) is 9.59 Å². The summed E-state index contributed by atoms with van der Waals surface area (Å²) in [5, 5.41) is 2.98. The lowest BCUT2D eigenvalue weighted by Gasteiger charge is -2.09. The van der Waals surface area contributed by atoms with E-state index in [1.807, 2.05) is 0 Å². The number of allylic oxidation sites excluding steroid dienone is 3. The van der Waals surface area contributed by atoms with Crippen molar-refractivity contribution in [3.63, 3.8) is 0 Å². The summed E-state index contributed by atoms with van der Waals surface area (Å²) in [6.07, 6.45) is 7.27. The molecule has 0 aromatic carbocycles. The van der Waals surface area contributed by atoms with Crippen LogP contribution in [0.2, 0.25) is 0 Å². The van der Waals surface area contributed by atoms with E-state index in [0.29, 0.717) is 5.70 Å². The van der Waals surface area contributed by atoms with Crippen molar-refractivity contribution in [1.82, 2.24) is 5.32 Å². The Labute approximate surface area is 83.9 Å². The first-order chi connectivity index (χ1) is 6.74. The second-order valence-electron chi connectivity index (χ2n) is 3.29. The molecule has 0 aromatic heterocycles. The largest absolute Gasteiger partial charge is 0.382 e. The fraction of sp³-hybridized carbons (Fsp3) is 0.455. The standard InChI is InChI=1S/C11H15NO2/c1-2-3-4-7-12-10-8-9(13)5-6-11(10)14/h5-6,8,12H,2-4,7H2,1H3. The summed E-state index contributed by atoms with van der Waals surface area (Å²) in [5.74, 6) is -0.233. The molecule has 14 heavy (non-hydrogen) atoms. The van der Waals surface area contributed by atoms with Crippen LogP contribution in [0, 0.1) is 0 Å². The zero-order valence-electron chi connectivity index (χ0n) is 8.38. The molecule has 76 valence electrons. The first-order valence-corrected chi connectivity index (χ1v) is 4.96. The molecule has 0 bridgehead atoms. The molecule has 1 aliphatic rings. The average Bonchev–Trinajstić information content (AvgIpc) is 2.18. The van der Waals surface area contributed by atoms with Crippen LogP contribution in [0.1, 0.15) is 26.2 Å². The molecule has 3 nitrogen and oxygen atoms in total. The highest BCUT2D eigenvalue weighted by atomic mass is 16.1. The summed E-state index contributed by atoms with van der Waals surface area (Å²) >= 11 is 0. The second-order valence-corrected chi connectivity index (χ2v) is 3.29. The third-order valence-electron chi connectivity index (χ3n) is 2.05. The minimum atomic E-state index is -0.123. The van der Waals surface area contributed by atoms with Gasteiger partial charge in [-0.05, 0) is 18.6 Å². The van der Waals surface area contributed by atoms with Gasteiger partial charge in [0.05, 0.1) is 5.70 Å². The van der Waals surface area contributed by atoms with E-state index in [4.69, 9.17) is 0 Å². The molecule has 0 aromatic rings. The fourth-order valence-electron chi connectivity index (χ4n) is 1.25. The fourth-order valence-corrected chi connectivity index (χ4v) is 1.25. The first kappa shape index (κ1) is 10.7. The van der Waals surface area contributed by atoms with Gasteiger partial charge in [0, 0.05) is 12.6 Å². The van der Waals surface area contributed by atoms with E-state index < -0.39 is 0 Å². The smallest absolute Gasteiger partial charge is 0.201 e. The van der Waals surface area contributed by atoms with Crippen molar-refractivity contribution in [2.75, 3.05) is 6.54 Å². The average molecular weight is 193 g/mol. The van der Waals surface area contributed by atoms with Gasteiger partial charge in [0.15, 0.2) is 5.78 Å². The lowest BCUT2D eigenvalue weighted by molar-refractivity contribution is -0.114. The van der Waals surface area contributed by atoms with Crippen molar-refractivity contribution in [3.05, 3.63) is 23.9 Å². The SMILES string of the molecule is CCCCCNC1=CC(=O)C=CC1=O. The molecule has 3 heteroatoms. The first-order valence-electron chi connectivity index (χ1n) is 4.96. The van der Waals surface area contributed by atoms with Gasteiger partial charge < -0.3 is 5.32 Å². The minimum Gasteiger partial charge on any atom is -0.382 e. The summed E-state index contributed by atoms with van der Waals surface area (Å²) in [4.78, 5) is 22.2. The molecule has 0 aliphatic heterocycles. The van der Waals surface area contributed by atoms with Crippen LogP contribution in [0.25, 0.3) is 0 Å². The van der Waals surface area contributed by atoms with Crippen molar-refractivity contribution in [2.24, 2.45) is 0 Å². The molecule has 0 atom stereocenters. The van der Waals surface area contributed by atoms with E-state index in [2.05, 4.69) is 12.2 Å². The van der Waals surface area contributed by atoms with E-state index in [0.717, 1.165) is 25.8 Å².